The highest BCUT2D eigenvalue weighted by Crippen LogP contribution is 2.69. The Hall–Kier alpha value is -4.76. The van der Waals surface area contributed by atoms with Crippen molar-refractivity contribution in [2.24, 2.45) is 34.3 Å². The molecule has 3 aliphatic carbocycles. The van der Waals surface area contributed by atoms with Crippen LogP contribution in [0, 0.1) is 28.6 Å². The number of aryl methyl sites for hydroxylation is 1. The molecule has 2 saturated heterocycles. The van der Waals surface area contributed by atoms with Crippen LogP contribution in [0.25, 0.3) is 0 Å². The van der Waals surface area contributed by atoms with Crippen LogP contribution in [0.15, 0.2) is 24.3 Å². The maximum atomic E-state index is 14.4. The zero-order chi connectivity index (χ0) is 49.8. The summed E-state index contributed by atoms with van der Waals surface area (Å²) in [6.07, 6.45) is -1.62. The molecular weight excluding hydrogens is 880 g/mol. The van der Waals surface area contributed by atoms with Gasteiger partial charge in [-0.3, -0.25) is 33.6 Å². The highest BCUT2D eigenvalue weighted by molar-refractivity contribution is 6.47. The number of amides is 5. The molecule has 0 unspecified atom stereocenters. The van der Waals surface area contributed by atoms with E-state index in [2.05, 4.69) is 42.0 Å². The molecule has 5 amide bonds. The Labute approximate surface area is 390 Å². The van der Waals surface area contributed by atoms with Gasteiger partial charge in [0.25, 0.3) is 0 Å². The molecule has 6 rings (SSSR count). The lowest BCUT2D eigenvalue weighted by Crippen LogP contribution is -2.66. The van der Waals surface area contributed by atoms with E-state index in [1.165, 1.54) is 17.0 Å². The van der Waals surface area contributed by atoms with Crippen molar-refractivity contribution in [3.63, 3.8) is 0 Å². The molecule has 0 radical (unpaired) electrons. The monoisotopic (exact) mass is 948 g/mol. The van der Waals surface area contributed by atoms with Crippen LogP contribution in [0.5, 0.6) is 0 Å². The maximum Gasteiger partial charge on any atom is 0.481 e. The number of benzene rings is 1. The van der Waals surface area contributed by atoms with Gasteiger partial charge in [-0.1, -0.05) is 67.0 Å². The Morgan fingerprint density at radius 1 is 0.851 bits per heavy atom. The molecule has 10 atom stereocenters. The predicted octanol–water partition coefficient (Wildman–Crippen LogP) is 3.59. The quantitative estimate of drug-likeness (QED) is 0.0651. The summed E-state index contributed by atoms with van der Waals surface area (Å²) in [5.41, 5.74) is 5.61. The third kappa shape index (κ3) is 12.5. The number of rotatable bonds is 22. The minimum atomic E-state index is -4.43. The summed E-state index contributed by atoms with van der Waals surface area (Å²) in [6.45, 7) is 13.6. The zero-order valence-electron chi connectivity index (χ0n) is 39.5. The van der Waals surface area contributed by atoms with Gasteiger partial charge in [0.15, 0.2) is 0 Å². The number of nitrogens with two attached hydrogens (primary N) is 1. The molecule has 2 heterocycles. The first-order valence-corrected chi connectivity index (χ1v) is 23.4. The van der Waals surface area contributed by atoms with Gasteiger partial charge in [-0.25, -0.2) is 0 Å². The number of alkyl halides is 3. The molecule has 1 aromatic carbocycles. The van der Waals surface area contributed by atoms with E-state index < -0.39 is 128 Å². The van der Waals surface area contributed by atoms with Crippen LogP contribution < -0.4 is 27.0 Å². The fourth-order valence-electron chi connectivity index (χ4n) is 10.2. The smallest absolute Gasteiger partial charge is 0.481 e. The zero-order valence-corrected chi connectivity index (χ0v) is 39.5. The van der Waals surface area contributed by atoms with Crippen LogP contribution in [0.3, 0.4) is 0 Å². The second-order valence-electron chi connectivity index (χ2n) is 20.3. The SMILES string of the molecule is CC(C)[C@H](NC(=O)[C@H](CCC(=O)O)NC(=O)[C@@H](N)CC(=O)O)C(=O)N[C@H](C(=O)N1CCC[C@H]1C(=O)N[C@@H](CCCCc1ccc(C(F)(F)F)cc1)B1O[C@@H]2[C@@H](C[C@@H]3C[C@@]2(C)C3(C)C)O1)C(C)C. The highest BCUT2D eigenvalue weighted by Gasteiger charge is 2.69. The molecule has 2 aliphatic heterocycles. The number of carbonyl (C=O) groups is 7. The van der Waals surface area contributed by atoms with Crippen LogP contribution in [0.4, 0.5) is 13.2 Å². The van der Waals surface area contributed by atoms with Crippen molar-refractivity contribution in [3.05, 3.63) is 35.4 Å². The van der Waals surface area contributed by atoms with Gasteiger partial charge in [0.1, 0.15) is 24.2 Å². The van der Waals surface area contributed by atoms with Gasteiger partial charge in [-0.05, 0) is 92.2 Å². The normalized spacial score (nSPS) is 25.3. The van der Waals surface area contributed by atoms with Crippen LogP contribution in [0.2, 0.25) is 0 Å². The Kier molecular flexibility index (Phi) is 17.2. The largest absolute Gasteiger partial charge is 0.481 e. The summed E-state index contributed by atoms with van der Waals surface area (Å²) in [4.78, 5) is 92.8. The molecule has 3 saturated carbocycles. The lowest BCUT2D eigenvalue weighted by atomic mass is 9.39. The molecule has 0 spiro atoms. The van der Waals surface area contributed by atoms with E-state index in [1.807, 2.05) is 0 Å². The summed E-state index contributed by atoms with van der Waals surface area (Å²) in [6, 6.07) is -1.28. The van der Waals surface area contributed by atoms with Crippen LogP contribution in [0.1, 0.15) is 124 Å². The van der Waals surface area contributed by atoms with Crippen LogP contribution in [-0.2, 0) is 55.5 Å². The minimum Gasteiger partial charge on any atom is -0.481 e. The summed E-state index contributed by atoms with van der Waals surface area (Å²) in [5, 5.41) is 29.1. The molecule has 21 heteroatoms. The van der Waals surface area contributed by atoms with Crippen molar-refractivity contribution in [3.8, 4) is 0 Å². The Bertz CT molecular complexity index is 1990. The summed E-state index contributed by atoms with van der Waals surface area (Å²) >= 11 is 0. The van der Waals surface area contributed by atoms with Gasteiger partial charge in [0, 0.05) is 18.4 Å². The topological polar surface area (TPSA) is 256 Å². The average Bonchev–Trinajstić information content (AvgIpc) is 3.92. The third-order valence-corrected chi connectivity index (χ3v) is 14.7. The van der Waals surface area contributed by atoms with Crippen molar-refractivity contribution in [2.45, 2.75) is 174 Å². The number of carbonyl (C=O) groups excluding carboxylic acids is 5. The van der Waals surface area contributed by atoms with Crippen molar-refractivity contribution < 1.29 is 66.3 Å². The third-order valence-electron chi connectivity index (χ3n) is 14.7. The molecule has 8 N–H and O–H groups in total. The van der Waals surface area contributed by atoms with Crippen molar-refractivity contribution in [1.82, 2.24) is 26.2 Å². The molecule has 5 aliphatic rings. The molecule has 5 fully saturated rings. The Morgan fingerprint density at radius 3 is 2.07 bits per heavy atom. The molecule has 17 nitrogen and oxygen atoms in total. The van der Waals surface area contributed by atoms with Gasteiger partial charge >= 0.3 is 25.2 Å². The number of halogens is 3. The summed E-state index contributed by atoms with van der Waals surface area (Å²) < 4.78 is 52.7. The van der Waals surface area contributed by atoms with E-state index in [4.69, 9.17) is 20.1 Å². The Morgan fingerprint density at radius 2 is 1.49 bits per heavy atom. The summed E-state index contributed by atoms with van der Waals surface area (Å²) in [5.74, 6) is -7.45. The number of likely N-dealkylation sites (tertiary alicyclic amines) is 1. The standard InChI is InChI=1S/C46H68BF3N6O11/c1-24(2)36(54-40(62)30(18-19-34(57)58)52-39(61)29(51)22-35(59)60)42(64)55-37(25(3)4)43(65)56-20-10-12-31(56)41(63)53-33(13-9-8-11-26-14-16-27(17-15-26)46(48,49)50)47-66-32-21-28-23-45(7,38(32)67-47)44(28,5)6/h14-17,24-25,28-33,36-38H,8-13,18-23,51H2,1-7H3,(H,52,61)(H,53,63)(H,54,62)(H,55,64)(H,57,58)(H,59,60)/t28-,29+,30+,31+,32-,33+,36+,37+,38-,45-/m1/s1. The average molecular weight is 949 g/mol. The van der Waals surface area contributed by atoms with Gasteiger partial charge in [0.05, 0.1) is 36.2 Å². The van der Waals surface area contributed by atoms with E-state index >= 15 is 0 Å². The van der Waals surface area contributed by atoms with E-state index in [9.17, 15) is 51.8 Å². The number of unbranched alkanes of at least 4 members (excludes halogenated alkanes) is 1. The maximum absolute atomic E-state index is 14.4. The molecule has 2 bridgehead atoms. The number of hydrogen-bond acceptors (Lipinski definition) is 10. The second kappa shape index (κ2) is 21.7. The van der Waals surface area contributed by atoms with E-state index in [0.29, 0.717) is 44.4 Å². The van der Waals surface area contributed by atoms with Gasteiger partial charge in [0.2, 0.25) is 29.5 Å². The number of carboxylic acids is 2. The fourth-order valence-corrected chi connectivity index (χ4v) is 10.2. The van der Waals surface area contributed by atoms with Gasteiger partial charge in [-0.2, -0.15) is 13.2 Å². The second-order valence-corrected chi connectivity index (χ2v) is 20.3. The molecule has 372 valence electrons. The fraction of sp³-hybridized carbons (Fsp3) is 0.717. The number of nitrogens with zero attached hydrogens (tertiary/aromatic N) is 1. The first kappa shape index (κ1) is 53.2. The lowest BCUT2D eigenvalue weighted by Gasteiger charge is -2.67. The molecular formula is C46H68BF3N6O11. The van der Waals surface area contributed by atoms with Gasteiger partial charge < -0.3 is 51.4 Å². The van der Waals surface area contributed by atoms with E-state index in [-0.39, 0.29) is 29.6 Å². The van der Waals surface area contributed by atoms with Crippen LogP contribution in [-0.4, -0.2) is 119 Å². The molecule has 1 aromatic rings. The van der Waals surface area contributed by atoms with Crippen molar-refractivity contribution >= 4 is 48.6 Å². The summed E-state index contributed by atoms with van der Waals surface area (Å²) in [7, 11) is -0.771. The number of hydrogen-bond donors (Lipinski definition) is 7. The Balaban J connectivity index is 1.27. The van der Waals surface area contributed by atoms with Crippen molar-refractivity contribution in [2.75, 3.05) is 6.54 Å². The highest BCUT2D eigenvalue weighted by atomic mass is 19.4. The lowest BCUT2D eigenvalue weighted by molar-refractivity contribution is -0.220. The number of nitrogens with one attached hydrogen (secondary N) is 4. The van der Waals surface area contributed by atoms with Crippen LogP contribution >= 0.6 is 0 Å². The minimum absolute atomic E-state index is 0.0435. The number of carboxylic acid groups (broad SMARTS) is 2. The van der Waals surface area contributed by atoms with E-state index in [1.54, 1.807) is 27.7 Å². The van der Waals surface area contributed by atoms with E-state index in [0.717, 1.165) is 30.5 Å². The first-order chi connectivity index (χ1) is 31.2. The van der Waals surface area contributed by atoms with Crippen molar-refractivity contribution in [1.29, 1.82) is 0 Å². The number of aliphatic carboxylic acids is 2. The molecule has 0 aromatic heterocycles. The first-order valence-electron chi connectivity index (χ1n) is 23.4. The predicted molar refractivity (Wildman–Crippen MR) is 238 cm³/mol. The molecule has 67 heavy (non-hydrogen) atoms. The van der Waals surface area contributed by atoms with Gasteiger partial charge in [-0.15, -0.1) is 0 Å².